The van der Waals surface area contributed by atoms with E-state index in [1.807, 2.05) is 6.21 Å². The van der Waals surface area contributed by atoms with Crippen molar-refractivity contribution < 1.29 is 4.79 Å². The lowest BCUT2D eigenvalue weighted by Crippen LogP contribution is -2.42. The Morgan fingerprint density at radius 3 is 2.31 bits per heavy atom. The minimum Gasteiger partial charge on any atom is -0.292 e. The van der Waals surface area contributed by atoms with Gasteiger partial charge in [0.25, 0.3) is 0 Å². The molecule has 68 valence electrons. The van der Waals surface area contributed by atoms with Crippen LogP contribution in [0.25, 0.3) is 0 Å². The van der Waals surface area contributed by atoms with Crippen LogP contribution in [0.2, 0.25) is 0 Å². The van der Waals surface area contributed by atoms with Gasteiger partial charge in [0.2, 0.25) is 0 Å². The highest BCUT2D eigenvalue weighted by Crippen LogP contribution is 2.55. The van der Waals surface area contributed by atoms with Gasteiger partial charge in [-0.15, -0.1) is 0 Å². The van der Waals surface area contributed by atoms with Crippen molar-refractivity contribution in [3.8, 4) is 0 Å². The Morgan fingerprint density at radius 2 is 1.85 bits per heavy atom. The van der Waals surface area contributed by atoms with Gasteiger partial charge < -0.3 is 0 Å². The fraction of sp³-hybridized carbons (Fsp3) is 0.636. The largest absolute Gasteiger partial charge is 0.292 e. The van der Waals surface area contributed by atoms with E-state index in [1.54, 1.807) is 12.2 Å². The standard InChI is InChI=1S/C11H13NO/c13-10-2-1-7-12-11(10,8-3-4-8)9-5-6-9/h1-2,7-9H,3-6H2. The summed E-state index contributed by atoms with van der Waals surface area (Å²) in [5, 5.41) is 0. The summed E-state index contributed by atoms with van der Waals surface area (Å²) in [5.41, 5.74) is -0.297. The van der Waals surface area contributed by atoms with Crippen molar-refractivity contribution in [3.63, 3.8) is 0 Å². The van der Waals surface area contributed by atoms with Gasteiger partial charge >= 0.3 is 0 Å². The molecule has 2 fully saturated rings. The van der Waals surface area contributed by atoms with E-state index in [1.165, 1.54) is 25.7 Å². The lowest BCUT2D eigenvalue weighted by Gasteiger charge is -2.28. The average Bonchev–Trinajstić information content (AvgIpc) is 3.01. The molecule has 0 atom stereocenters. The van der Waals surface area contributed by atoms with Crippen molar-refractivity contribution in [2.45, 2.75) is 31.2 Å². The summed E-state index contributed by atoms with van der Waals surface area (Å²) < 4.78 is 0. The van der Waals surface area contributed by atoms with Crippen molar-refractivity contribution in [2.75, 3.05) is 0 Å². The smallest absolute Gasteiger partial charge is 0.183 e. The van der Waals surface area contributed by atoms with Gasteiger partial charge in [0.05, 0.1) is 0 Å². The number of hydrogen-bond donors (Lipinski definition) is 0. The van der Waals surface area contributed by atoms with Gasteiger partial charge in [-0.1, -0.05) is 0 Å². The first-order valence-corrected chi connectivity index (χ1v) is 5.10. The molecule has 0 amide bonds. The molecule has 3 aliphatic rings. The molecule has 0 unspecified atom stereocenters. The monoisotopic (exact) mass is 175 g/mol. The number of carbonyl (C=O) groups is 1. The van der Waals surface area contributed by atoms with Gasteiger partial charge in [-0.3, -0.25) is 9.79 Å². The Balaban J connectivity index is 2.01. The van der Waals surface area contributed by atoms with Gasteiger partial charge in [0.1, 0.15) is 5.54 Å². The molecule has 1 heterocycles. The van der Waals surface area contributed by atoms with Gasteiger partial charge in [0.15, 0.2) is 5.78 Å². The summed E-state index contributed by atoms with van der Waals surface area (Å²) in [6, 6.07) is 0. The molecule has 0 aromatic rings. The van der Waals surface area contributed by atoms with Crippen molar-refractivity contribution in [1.29, 1.82) is 0 Å². The second-order valence-corrected chi connectivity index (χ2v) is 4.38. The minimum atomic E-state index is -0.297. The molecule has 0 aromatic carbocycles. The highest BCUT2D eigenvalue weighted by Gasteiger charge is 2.58. The van der Waals surface area contributed by atoms with E-state index in [2.05, 4.69) is 4.99 Å². The molecule has 3 rings (SSSR count). The summed E-state index contributed by atoms with van der Waals surface area (Å²) in [6.45, 7) is 0. The van der Waals surface area contributed by atoms with Crippen LogP contribution in [0, 0.1) is 11.8 Å². The van der Waals surface area contributed by atoms with Crippen LogP contribution in [-0.4, -0.2) is 17.5 Å². The number of nitrogens with zero attached hydrogens (tertiary/aromatic N) is 1. The SMILES string of the molecule is O=C1C=CC=NC1(C1CC1)C1CC1. The molecule has 13 heavy (non-hydrogen) atoms. The molecule has 1 aliphatic heterocycles. The molecule has 0 saturated heterocycles. The number of carbonyl (C=O) groups excluding carboxylic acids is 1. The van der Waals surface area contributed by atoms with Gasteiger partial charge in [-0.05, 0) is 49.7 Å². The fourth-order valence-corrected chi connectivity index (χ4v) is 2.49. The van der Waals surface area contributed by atoms with E-state index < -0.39 is 0 Å². The second-order valence-electron chi connectivity index (χ2n) is 4.38. The zero-order chi connectivity index (χ0) is 8.89. The van der Waals surface area contributed by atoms with Gasteiger partial charge in [-0.25, -0.2) is 0 Å². The van der Waals surface area contributed by atoms with E-state index in [-0.39, 0.29) is 11.3 Å². The Hall–Kier alpha value is -0.920. The molecule has 2 nitrogen and oxygen atoms in total. The quantitative estimate of drug-likeness (QED) is 0.628. The van der Waals surface area contributed by atoms with Crippen LogP contribution in [0.5, 0.6) is 0 Å². The highest BCUT2D eigenvalue weighted by atomic mass is 16.1. The molecule has 0 aromatic heterocycles. The van der Waals surface area contributed by atoms with E-state index in [0.717, 1.165) is 0 Å². The van der Waals surface area contributed by atoms with E-state index in [0.29, 0.717) is 11.8 Å². The summed E-state index contributed by atoms with van der Waals surface area (Å²) >= 11 is 0. The Kier molecular flexibility index (Phi) is 1.33. The molecule has 2 saturated carbocycles. The fourth-order valence-electron chi connectivity index (χ4n) is 2.49. The lowest BCUT2D eigenvalue weighted by atomic mass is 9.82. The van der Waals surface area contributed by atoms with Crippen LogP contribution >= 0.6 is 0 Å². The van der Waals surface area contributed by atoms with Crippen molar-refractivity contribution >= 4 is 12.0 Å². The van der Waals surface area contributed by atoms with E-state index >= 15 is 0 Å². The van der Waals surface area contributed by atoms with Crippen LogP contribution in [0.4, 0.5) is 0 Å². The van der Waals surface area contributed by atoms with Crippen molar-refractivity contribution in [1.82, 2.24) is 0 Å². The first-order valence-electron chi connectivity index (χ1n) is 5.10. The number of ketones is 1. The van der Waals surface area contributed by atoms with Crippen LogP contribution in [0.1, 0.15) is 25.7 Å². The third-order valence-corrected chi connectivity index (χ3v) is 3.42. The number of hydrogen-bond acceptors (Lipinski definition) is 2. The maximum atomic E-state index is 11.9. The first kappa shape index (κ1) is 7.48. The number of allylic oxidation sites excluding steroid dienone is 1. The zero-order valence-corrected chi connectivity index (χ0v) is 7.57. The number of dihydropyridines is 1. The molecule has 0 N–H and O–H groups in total. The molecule has 2 aliphatic carbocycles. The molecule has 0 bridgehead atoms. The van der Waals surface area contributed by atoms with Crippen molar-refractivity contribution in [2.24, 2.45) is 16.8 Å². The molecule has 0 spiro atoms. The molecular formula is C11H13NO. The lowest BCUT2D eigenvalue weighted by molar-refractivity contribution is -0.120. The summed E-state index contributed by atoms with van der Waals surface area (Å²) in [7, 11) is 0. The van der Waals surface area contributed by atoms with Gasteiger partial charge in [-0.2, -0.15) is 0 Å². The normalized spacial score (nSPS) is 30.9. The third kappa shape index (κ3) is 0.946. The predicted octanol–water partition coefficient (Wildman–Crippen LogP) is 1.75. The Bertz CT molecular complexity index is 296. The molecule has 0 radical (unpaired) electrons. The zero-order valence-electron chi connectivity index (χ0n) is 7.57. The predicted molar refractivity (Wildman–Crippen MR) is 50.8 cm³/mol. The van der Waals surface area contributed by atoms with E-state index in [4.69, 9.17) is 0 Å². The number of rotatable bonds is 2. The van der Waals surface area contributed by atoms with Crippen LogP contribution in [0.3, 0.4) is 0 Å². The summed E-state index contributed by atoms with van der Waals surface area (Å²) in [4.78, 5) is 16.4. The summed E-state index contributed by atoms with van der Waals surface area (Å²) in [6.07, 6.45) is 10.1. The van der Waals surface area contributed by atoms with E-state index in [9.17, 15) is 4.79 Å². The van der Waals surface area contributed by atoms with Gasteiger partial charge in [0, 0.05) is 6.21 Å². The average molecular weight is 175 g/mol. The molecular weight excluding hydrogens is 162 g/mol. The van der Waals surface area contributed by atoms with Crippen LogP contribution in [0.15, 0.2) is 17.1 Å². The summed E-state index contributed by atoms with van der Waals surface area (Å²) in [5.74, 6) is 1.39. The topological polar surface area (TPSA) is 29.4 Å². The van der Waals surface area contributed by atoms with Crippen LogP contribution in [-0.2, 0) is 4.79 Å². The Morgan fingerprint density at radius 1 is 1.23 bits per heavy atom. The minimum absolute atomic E-state index is 0.264. The third-order valence-electron chi connectivity index (χ3n) is 3.42. The molecule has 2 heteroatoms. The number of aliphatic imine (C=N–C) groups is 1. The van der Waals surface area contributed by atoms with Crippen LogP contribution < -0.4 is 0 Å². The Labute approximate surface area is 77.7 Å². The second kappa shape index (κ2) is 2.31. The maximum Gasteiger partial charge on any atom is 0.183 e. The highest BCUT2D eigenvalue weighted by molar-refractivity contribution is 6.05. The maximum absolute atomic E-state index is 11.9. The van der Waals surface area contributed by atoms with Crippen molar-refractivity contribution in [3.05, 3.63) is 12.2 Å². The first-order chi connectivity index (χ1) is 6.34.